The van der Waals surface area contributed by atoms with E-state index in [1.807, 2.05) is 0 Å². The molecule has 3 rings (SSSR count). The Hall–Kier alpha value is -1.02. The minimum absolute atomic E-state index is 0.386. The highest BCUT2D eigenvalue weighted by Gasteiger charge is 2.39. The third kappa shape index (κ3) is 2.51. The van der Waals surface area contributed by atoms with Gasteiger partial charge in [0.15, 0.2) is 0 Å². The maximum atomic E-state index is 3.63. The van der Waals surface area contributed by atoms with E-state index in [1.165, 1.54) is 55.5 Å². The molecule has 1 aromatic rings. The van der Waals surface area contributed by atoms with Crippen LogP contribution in [0.25, 0.3) is 0 Å². The van der Waals surface area contributed by atoms with Gasteiger partial charge in [0.1, 0.15) is 0 Å². The van der Waals surface area contributed by atoms with Crippen molar-refractivity contribution in [2.24, 2.45) is 0 Å². The molecule has 0 aromatic heterocycles. The normalized spacial score (nSPS) is 22.7. The van der Waals surface area contributed by atoms with E-state index in [2.05, 4.69) is 42.3 Å². The average Bonchev–Trinajstić information content (AvgIpc) is 2.39. The Morgan fingerprint density at radius 2 is 1.68 bits per heavy atom. The fourth-order valence-electron chi connectivity index (χ4n) is 4.01. The fourth-order valence-corrected chi connectivity index (χ4v) is 4.01. The van der Waals surface area contributed by atoms with Gasteiger partial charge in [-0.25, -0.2) is 0 Å². The summed E-state index contributed by atoms with van der Waals surface area (Å²) in [4.78, 5) is 2.71. The van der Waals surface area contributed by atoms with E-state index >= 15 is 0 Å². The zero-order valence-corrected chi connectivity index (χ0v) is 12.3. The molecule has 2 nitrogen and oxygen atoms in total. The van der Waals surface area contributed by atoms with Crippen LogP contribution in [0.2, 0.25) is 0 Å². The molecule has 2 fully saturated rings. The van der Waals surface area contributed by atoms with Crippen molar-refractivity contribution in [3.8, 4) is 0 Å². The summed E-state index contributed by atoms with van der Waals surface area (Å²) in [6.45, 7) is 7.87. The smallest absolute Gasteiger partial charge is 0.0527 e. The van der Waals surface area contributed by atoms with Gasteiger partial charge in [-0.05, 0) is 49.9 Å². The van der Waals surface area contributed by atoms with Gasteiger partial charge in [-0.1, -0.05) is 25.3 Å². The molecule has 1 aliphatic heterocycles. The van der Waals surface area contributed by atoms with Gasteiger partial charge in [0.25, 0.3) is 0 Å². The number of benzene rings is 1. The van der Waals surface area contributed by atoms with Gasteiger partial charge in [-0.15, -0.1) is 0 Å². The maximum absolute atomic E-state index is 3.63. The summed E-state index contributed by atoms with van der Waals surface area (Å²) in [5, 5.41) is 3.63. The van der Waals surface area contributed by atoms with Gasteiger partial charge in [0, 0.05) is 25.3 Å². The van der Waals surface area contributed by atoms with Gasteiger partial charge < -0.3 is 10.2 Å². The quantitative estimate of drug-likeness (QED) is 0.830. The Kier molecular flexibility index (Phi) is 3.53. The predicted molar refractivity (Wildman–Crippen MR) is 81.9 cm³/mol. The van der Waals surface area contributed by atoms with Gasteiger partial charge >= 0.3 is 0 Å². The van der Waals surface area contributed by atoms with Crippen LogP contribution < -0.4 is 10.2 Å². The molecule has 104 valence electrons. The van der Waals surface area contributed by atoms with Crippen LogP contribution in [-0.2, 0) is 0 Å². The Labute approximate surface area is 117 Å². The summed E-state index contributed by atoms with van der Waals surface area (Å²) >= 11 is 0. The first-order valence-corrected chi connectivity index (χ1v) is 7.76. The summed E-state index contributed by atoms with van der Waals surface area (Å²) < 4.78 is 0. The maximum Gasteiger partial charge on any atom is 0.0527 e. The number of nitrogens with zero attached hydrogens (tertiary/aromatic N) is 1. The zero-order valence-electron chi connectivity index (χ0n) is 12.3. The summed E-state index contributed by atoms with van der Waals surface area (Å²) in [6.07, 6.45) is 6.91. The largest absolute Gasteiger partial charge is 0.363 e. The van der Waals surface area contributed by atoms with Crippen molar-refractivity contribution in [2.45, 2.75) is 51.5 Å². The molecule has 1 saturated carbocycles. The Morgan fingerprint density at radius 1 is 1.00 bits per heavy atom. The minimum Gasteiger partial charge on any atom is -0.363 e. The summed E-state index contributed by atoms with van der Waals surface area (Å²) in [7, 11) is 0. The summed E-state index contributed by atoms with van der Waals surface area (Å²) in [5.74, 6) is 0. The number of rotatable bonds is 1. The first-order chi connectivity index (χ1) is 9.20. The highest BCUT2D eigenvalue weighted by Crippen LogP contribution is 2.38. The van der Waals surface area contributed by atoms with E-state index in [1.54, 1.807) is 0 Å². The predicted octanol–water partition coefficient (Wildman–Crippen LogP) is 3.42. The van der Waals surface area contributed by atoms with Crippen molar-refractivity contribution in [3.05, 3.63) is 29.3 Å². The topological polar surface area (TPSA) is 15.3 Å². The van der Waals surface area contributed by atoms with E-state index in [4.69, 9.17) is 0 Å². The van der Waals surface area contributed by atoms with Gasteiger partial charge in [-0.3, -0.25) is 0 Å². The van der Waals surface area contributed by atoms with Crippen molar-refractivity contribution >= 4 is 5.69 Å². The summed E-state index contributed by atoms with van der Waals surface area (Å²) in [6, 6.07) is 7.02. The highest BCUT2D eigenvalue weighted by atomic mass is 15.3. The zero-order chi connectivity index (χ0) is 13.3. The lowest BCUT2D eigenvalue weighted by Crippen LogP contribution is -2.62. The lowest BCUT2D eigenvalue weighted by Gasteiger charge is -2.51. The highest BCUT2D eigenvalue weighted by molar-refractivity contribution is 5.54. The molecule has 19 heavy (non-hydrogen) atoms. The second kappa shape index (κ2) is 5.16. The first kappa shape index (κ1) is 13.0. The molecular formula is C17H26N2. The number of hydrogen-bond acceptors (Lipinski definition) is 2. The summed E-state index contributed by atoms with van der Waals surface area (Å²) in [5.41, 5.74) is 4.61. The fraction of sp³-hybridized carbons (Fsp3) is 0.647. The molecule has 1 aromatic carbocycles. The molecule has 1 aliphatic carbocycles. The van der Waals surface area contributed by atoms with E-state index in [-0.39, 0.29) is 0 Å². The molecule has 0 radical (unpaired) electrons. The Balaban J connectivity index is 1.95. The number of anilines is 1. The number of hydrogen-bond donors (Lipinski definition) is 1. The molecule has 1 N–H and O–H groups in total. The van der Waals surface area contributed by atoms with Crippen LogP contribution in [0, 0.1) is 13.8 Å². The van der Waals surface area contributed by atoms with E-state index in [0.29, 0.717) is 5.54 Å². The monoisotopic (exact) mass is 258 g/mol. The van der Waals surface area contributed by atoms with Crippen molar-refractivity contribution in [2.75, 3.05) is 24.5 Å². The number of nitrogens with one attached hydrogen (secondary N) is 1. The van der Waals surface area contributed by atoms with Gasteiger partial charge in [-0.2, -0.15) is 0 Å². The molecule has 0 bridgehead atoms. The Morgan fingerprint density at radius 3 is 2.37 bits per heavy atom. The van der Waals surface area contributed by atoms with E-state index in [9.17, 15) is 0 Å². The number of aryl methyl sites for hydroxylation is 2. The molecule has 2 aliphatic rings. The minimum atomic E-state index is 0.386. The van der Waals surface area contributed by atoms with Crippen LogP contribution in [0.15, 0.2) is 18.2 Å². The average molecular weight is 258 g/mol. The van der Waals surface area contributed by atoms with Crippen LogP contribution in [-0.4, -0.2) is 25.2 Å². The van der Waals surface area contributed by atoms with Crippen molar-refractivity contribution in [1.29, 1.82) is 0 Å². The Bertz CT molecular complexity index is 418. The van der Waals surface area contributed by atoms with Gasteiger partial charge in [0.05, 0.1) is 5.54 Å². The number of piperazine rings is 1. The van der Waals surface area contributed by atoms with Crippen LogP contribution in [0.3, 0.4) is 0 Å². The SMILES string of the molecule is Cc1cc(C)cc(N2CCNCC23CCCCC3)c1. The molecule has 0 amide bonds. The van der Waals surface area contributed by atoms with E-state index in [0.717, 1.165) is 13.1 Å². The van der Waals surface area contributed by atoms with E-state index < -0.39 is 0 Å². The molecular weight excluding hydrogens is 232 g/mol. The first-order valence-electron chi connectivity index (χ1n) is 7.76. The van der Waals surface area contributed by atoms with Crippen LogP contribution in [0.1, 0.15) is 43.2 Å². The van der Waals surface area contributed by atoms with Crippen LogP contribution in [0.4, 0.5) is 5.69 Å². The molecule has 0 atom stereocenters. The lowest BCUT2D eigenvalue weighted by molar-refractivity contribution is 0.241. The third-order valence-electron chi connectivity index (χ3n) is 4.84. The molecule has 1 spiro atoms. The van der Waals surface area contributed by atoms with Crippen molar-refractivity contribution in [1.82, 2.24) is 5.32 Å². The standard InChI is InChI=1S/C17H26N2/c1-14-10-15(2)12-16(11-14)19-9-8-18-13-17(19)6-4-3-5-7-17/h10-12,18H,3-9,13H2,1-2H3. The second-order valence-electron chi connectivity index (χ2n) is 6.46. The molecule has 0 unspecified atom stereocenters. The van der Waals surface area contributed by atoms with Gasteiger partial charge in [0.2, 0.25) is 0 Å². The molecule has 1 saturated heterocycles. The van der Waals surface area contributed by atoms with Crippen molar-refractivity contribution < 1.29 is 0 Å². The third-order valence-corrected chi connectivity index (χ3v) is 4.84. The van der Waals surface area contributed by atoms with Crippen LogP contribution in [0.5, 0.6) is 0 Å². The molecule has 1 heterocycles. The molecule has 2 heteroatoms. The van der Waals surface area contributed by atoms with Crippen molar-refractivity contribution in [3.63, 3.8) is 0 Å². The lowest BCUT2D eigenvalue weighted by atomic mass is 9.78. The van der Waals surface area contributed by atoms with Crippen LogP contribution >= 0.6 is 0 Å². The second-order valence-corrected chi connectivity index (χ2v) is 6.46.